The number of anilines is 3. The summed E-state index contributed by atoms with van der Waals surface area (Å²) in [5, 5.41) is 10.1. The van der Waals surface area contributed by atoms with E-state index >= 15 is 0 Å². The smallest absolute Gasteiger partial charge is 0.229 e. The summed E-state index contributed by atoms with van der Waals surface area (Å²) in [7, 11) is 3.25. The minimum absolute atomic E-state index is 0.368. The van der Waals surface area contributed by atoms with Crippen molar-refractivity contribution in [1.29, 1.82) is 0 Å². The number of hydrogen-bond acceptors (Lipinski definition) is 11. The Bertz CT molecular complexity index is 910. The number of rotatable bonds is 16. The minimum atomic E-state index is 0.368. The van der Waals surface area contributed by atoms with Gasteiger partial charge in [-0.15, -0.1) is 0 Å². The van der Waals surface area contributed by atoms with Crippen molar-refractivity contribution in [2.24, 2.45) is 11.7 Å². The molecular weight excluding hydrogens is 462 g/mol. The van der Waals surface area contributed by atoms with Crippen LogP contribution in [0.5, 0.6) is 11.5 Å². The van der Waals surface area contributed by atoms with Crippen LogP contribution in [0, 0.1) is 5.92 Å². The monoisotopic (exact) mass is 503 g/mol. The van der Waals surface area contributed by atoms with Gasteiger partial charge < -0.3 is 40.6 Å². The third-order valence-electron chi connectivity index (χ3n) is 6.05. The molecule has 1 aliphatic carbocycles. The van der Waals surface area contributed by atoms with Crippen LogP contribution in [0.2, 0.25) is 0 Å². The average Bonchev–Trinajstić information content (AvgIpc) is 2.90. The molecule has 1 heterocycles. The SMILES string of the molecule is COc1ccc(CNc2nc(NCCOCCOCCN)nc(NC3CCC(C)CC3)n2)cc1OC. The summed E-state index contributed by atoms with van der Waals surface area (Å²) in [6.45, 7) is 6.01. The summed E-state index contributed by atoms with van der Waals surface area (Å²) in [4.78, 5) is 13.8. The Kier molecular flexibility index (Phi) is 11.7. The molecule has 1 aliphatic rings. The first-order valence-corrected chi connectivity index (χ1v) is 12.7. The predicted octanol–water partition coefficient (Wildman–Crippen LogP) is 2.90. The first kappa shape index (κ1) is 27.7. The number of nitrogens with two attached hydrogens (primary N) is 1. The average molecular weight is 504 g/mol. The maximum Gasteiger partial charge on any atom is 0.229 e. The van der Waals surface area contributed by atoms with Crippen LogP contribution in [0.25, 0.3) is 0 Å². The molecule has 11 heteroatoms. The van der Waals surface area contributed by atoms with E-state index in [-0.39, 0.29) is 0 Å². The van der Waals surface area contributed by atoms with E-state index in [9.17, 15) is 0 Å². The first-order valence-electron chi connectivity index (χ1n) is 12.7. The van der Waals surface area contributed by atoms with Gasteiger partial charge in [0.25, 0.3) is 0 Å². The molecule has 36 heavy (non-hydrogen) atoms. The molecule has 0 spiro atoms. The maximum atomic E-state index is 5.59. The number of methoxy groups -OCH3 is 2. The zero-order valence-corrected chi connectivity index (χ0v) is 21.7. The summed E-state index contributed by atoms with van der Waals surface area (Å²) >= 11 is 0. The molecule has 11 nitrogen and oxygen atoms in total. The Balaban J connectivity index is 1.60. The van der Waals surface area contributed by atoms with Crippen molar-refractivity contribution in [3.8, 4) is 11.5 Å². The molecule has 1 aromatic carbocycles. The first-order chi connectivity index (χ1) is 17.6. The Labute approximate surface area is 213 Å². The maximum absolute atomic E-state index is 5.59. The van der Waals surface area contributed by atoms with Crippen molar-refractivity contribution in [3.05, 3.63) is 23.8 Å². The van der Waals surface area contributed by atoms with Crippen molar-refractivity contribution >= 4 is 17.8 Å². The summed E-state index contributed by atoms with van der Waals surface area (Å²) < 4.78 is 21.6. The van der Waals surface area contributed by atoms with E-state index in [4.69, 9.17) is 24.7 Å². The van der Waals surface area contributed by atoms with Gasteiger partial charge in [-0.25, -0.2) is 0 Å². The van der Waals surface area contributed by atoms with Crippen LogP contribution in [-0.2, 0) is 16.0 Å². The normalized spacial score (nSPS) is 17.4. The Hall–Kier alpha value is -2.89. The fraction of sp³-hybridized carbons (Fsp3) is 0.640. The molecule has 0 amide bonds. The van der Waals surface area contributed by atoms with E-state index in [1.165, 1.54) is 12.8 Å². The molecular formula is C25H41N7O4. The highest BCUT2D eigenvalue weighted by Crippen LogP contribution is 2.28. The van der Waals surface area contributed by atoms with Gasteiger partial charge >= 0.3 is 0 Å². The zero-order chi connectivity index (χ0) is 25.6. The van der Waals surface area contributed by atoms with Crippen molar-refractivity contribution in [2.45, 2.75) is 45.2 Å². The van der Waals surface area contributed by atoms with Crippen LogP contribution in [0.15, 0.2) is 18.2 Å². The van der Waals surface area contributed by atoms with Crippen LogP contribution in [0.3, 0.4) is 0 Å². The number of benzene rings is 1. The number of nitrogens with one attached hydrogen (secondary N) is 3. The summed E-state index contributed by atoms with van der Waals surface area (Å²) in [6.07, 6.45) is 4.66. The van der Waals surface area contributed by atoms with Gasteiger partial charge in [-0.1, -0.05) is 13.0 Å². The van der Waals surface area contributed by atoms with Crippen LogP contribution in [0.1, 0.15) is 38.2 Å². The number of nitrogens with zero attached hydrogens (tertiary/aromatic N) is 3. The summed E-state index contributed by atoms with van der Waals surface area (Å²) in [5.74, 6) is 3.70. The highest BCUT2D eigenvalue weighted by Gasteiger charge is 2.19. The molecule has 0 bridgehead atoms. The number of aromatic nitrogens is 3. The van der Waals surface area contributed by atoms with E-state index in [2.05, 4.69) is 37.8 Å². The third-order valence-corrected chi connectivity index (χ3v) is 6.05. The molecule has 0 aliphatic heterocycles. The molecule has 1 fully saturated rings. The van der Waals surface area contributed by atoms with E-state index < -0.39 is 0 Å². The molecule has 3 rings (SSSR count). The molecule has 0 atom stereocenters. The number of hydrogen-bond donors (Lipinski definition) is 4. The van der Waals surface area contributed by atoms with E-state index in [1.54, 1.807) is 14.2 Å². The van der Waals surface area contributed by atoms with Gasteiger partial charge in [0.1, 0.15) is 0 Å². The highest BCUT2D eigenvalue weighted by molar-refractivity contribution is 5.46. The van der Waals surface area contributed by atoms with Crippen molar-refractivity contribution in [2.75, 3.05) is 69.7 Å². The van der Waals surface area contributed by atoms with Gasteiger partial charge in [0.15, 0.2) is 11.5 Å². The molecule has 5 N–H and O–H groups in total. The van der Waals surface area contributed by atoms with Gasteiger partial charge in [-0.3, -0.25) is 0 Å². The second-order valence-electron chi connectivity index (χ2n) is 8.89. The fourth-order valence-electron chi connectivity index (χ4n) is 4.00. The minimum Gasteiger partial charge on any atom is -0.493 e. The second kappa shape index (κ2) is 15.3. The van der Waals surface area contributed by atoms with E-state index in [1.807, 2.05) is 18.2 Å². The number of ether oxygens (including phenoxy) is 4. The molecule has 0 saturated heterocycles. The Morgan fingerprint density at radius 3 is 2.19 bits per heavy atom. The van der Waals surface area contributed by atoms with Gasteiger partial charge in [0, 0.05) is 25.7 Å². The van der Waals surface area contributed by atoms with Gasteiger partial charge in [0.05, 0.1) is 40.6 Å². The topological polar surface area (TPSA) is 138 Å². The lowest BCUT2D eigenvalue weighted by molar-refractivity contribution is 0.0547. The summed E-state index contributed by atoms with van der Waals surface area (Å²) in [5.41, 5.74) is 6.43. The molecule has 1 aromatic heterocycles. The fourth-order valence-corrected chi connectivity index (χ4v) is 4.00. The lowest BCUT2D eigenvalue weighted by Gasteiger charge is -2.27. The van der Waals surface area contributed by atoms with E-state index in [0.717, 1.165) is 24.3 Å². The van der Waals surface area contributed by atoms with Gasteiger partial charge in [0.2, 0.25) is 17.8 Å². The summed E-state index contributed by atoms with van der Waals surface area (Å²) in [6, 6.07) is 6.16. The lowest BCUT2D eigenvalue weighted by atomic mass is 9.87. The van der Waals surface area contributed by atoms with Crippen LogP contribution in [-0.4, -0.2) is 74.7 Å². The van der Waals surface area contributed by atoms with E-state index in [0.29, 0.717) is 81.4 Å². The highest BCUT2D eigenvalue weighted by atomic mass is 16.5. The molecule has 0 radical (unpaired) electrons. The Morgan fingerprint density at radius 2 is 1.50 bits per heavy atom. The molecule has 1 saturated carbocycles. The van der Waals surface area contributed by atoms with Gasteiger partial charge in [-0.2, -0.15) is 15.0 Å². The molecule has 0 unspecified atom stereocenters. The largest absolute Gasteiger partial charge is 0.493 e. The quantitative estimate of drug-likeness (QED) is 0.252. The van der Waals surface area contributed by atoms with Crippen LogP contribution >= 0.6 is 0 Å². The van der Waals surface area contributed by atoms with Crippen LogP contribution in [0.4, 0.5) is 17.8 Å². The second-order valence-corrected chi connectivity index (χ2v) is 8.89. The predicted molar refractivity (Wildman–Crippen MR) is 141 cm³/mol. The molecule has 2 aromatic rings. The van der Waals surface area contributed by atoms with Gasteiger partial charge in [-0.05, 0) is 49.3 Å². The third kappa shape index (κ3) is 9.29. The van der Waals surface area contributed by atoms with Crippen molar-refractivity contribution < 1.29 is 18.9 Å². The Morgan fingerprint density at radius 1 is 0.833 bits per heavy atom. The van der Waals surface area contributed by atoms with Crippen LogP contribution < -0.4 is 31.2 Å². The molecule has 200 valence electrons. The zero-order valence-electron chi connectivity index (χ0n) is 21.7. The van der Waals surface area contributed by atoms with Crippen molar-refractivity contribution in [1.82, 2.24) is 15.0 Å². The van der Waals surface area contributed by atoms with Crippen molar-refractivity contribution in [3.63, 3.8) is 0 Å². The lowest BCUT2D eigenvalue weighted by Crippen LogP contribution is -2.26. The standard InChI is InChI=1S/C25H41N7O4/c1-18-4-7-20(8-5-18)29-25-31-23(27-11-13-36-15-14-35-12-10-26)30-24(32-25)28-17-19-6-9-21(33-2)22(16-19)34-3/h6,9,16,18,20H,4-5,7-8,10-15,17,26H2,1-3H3,(H3,27,28,29,30,31,32).